The summed E-state index contributed by atoms with van der Waals surface area (Å²) >= 11 is 0. The zero-order valence-electron chi connectivity index (χ0n) is 13.0. The number of hydrogen-bond donors (Lipinski definition) is 1. The number of para-hydroxylation sites is 1. The largest absolute Gasteiger partial charge is 0.345 e. The van der Waals surface area contributed by atoms with Gasteiger partial charge in [-0.3, -0.25) is 0 Å². The number of nitrogens with zero attached hydrogens (tertiary/aromatic N) is 4. The van der Waals surface area contributed by atoms with Crippen LogP contribution in [-0.4, -0.2) is 26.5 Å². The Balaban J connectivity index is 1.74. The Morgan fingerprint density at radius 1 is 0.958 bits per heavy atom. The molecule has 4 aromatic rings. The summed E-state index contributed by atoms with van der Waals surface area (Å²) in [4.78, 5) is 18.6. The van der Waals surface area contributed by atoms with Crippen molar-refractivity contribution in [3.63, 3.8) is 0 Å². The van der Waals surface area contributed by atoms with Gasteiger partial charge in [-0.15, -0.1) is 0 Å². The second-order valence-corrected chi connectivity index (χ2v) is 5.88. The van der Waals surface area contributed by atoms with Crippen molar-refractivity contribution in [1.29, 1.82) is 0 Å². The Kier molecular flexibility index (Phi) is 2.85. The SMILES string of the molecule is c1ccc2c(c1)CCN2c1ccnc2[nH]cc(-c3ccncn3)c12. The van der Waals surface area contributed by atoms with Crippen LogP contribution in [0.1, 0.15) is 5.56 Å². The molecular formula is C19H15N5. The summed E-state index contributed by atoms with van der Waals surface area (Å²) in [6, 6.07) is 12.6. The first-order chi connectivity index (χ1) is 11.9. The zero-order chi connectivity index (χ0) is 15.9. The number of pyridine rings is 1. The van der Waals surface area contributed by atoms with Gasteiger partial charge in [-0.25, -0.2) is 15.0 Å². The molecule has 1 aliphatic rings. The van der Waals surface area contributed by atoms with Crippen LogP contribution in [0.5, 0.6) is 0 Å². The molecule has 1 aliphatic heterocycles. The van der Waals surface area contributed by atoms with Crippen molar-refractivity contribution in [3.8, 4) is 11.3 Å². The molecule has 0 radical (unpaired) electrons. The first kappa shape index (κ1) is 13.2. The van der Waals surface area contributed by atoms with Crippen molar-refractivity contribution in [3.05, 3.63) is 66.9 Å². The first-order valence-electron chi connectivity index (χ1n) is 8.00. The molecule has 4 heterocycles. The lowest BCUT2D eigenvalue weighted by molar-refractivity contribution is 1.00. The highest BCUT2D eigenvalue weighted by atomic mass is 15.2. The Morgan fingerprint density at radius 2 is 1.92 bits per heavy atom. The standard InChI is InChI=1S/C19H15N5/c1-2-4-16-13(3-1)7-10-24(16)17-6-9-21-19-18(17)14(11-22-19)15-5-8-20-12-23-15/h1-6,8-9,11-12H,7,10H2,(H,21,22). The van der Waals surface area contributed by atoms with Crippen molar-refractivity contribution in [1.82, 2.24) is 19.9 Å². The van der Waals surface area contributed by atoms with Gasteiger partial charge in [-0.05, 0) is 30.2 Å². The molecule has 5 nitrogen and oxygen atoms in total. The number of H-pyrrole nitrogens is 1. The number of aromatic nitrogens is 4. The van der Waals surface area contributed by atoms with Crippen LogP contribution in [0.15, 0.2) is 61.3 Å². The number of hydrogen-bond acceptors (Lipinski definition) is 4. The fourth-order valence-electron chi connectivity index (χ4n) is 3.50. The number of aromatic amines is 1. The zero-order valence-corrected chi connectivity index (χ0v) is 13.0. The van der Waals surface area contributed by atoms with Gasteiger partial charge in [0, 0.05) is 36.4 Å². The lowest BCUT2D eigenvalue weighted by Crippen LogP contribution is -2.13. The molecule has 0 fully saturated rings. The Morgan fingerprint density at radius 3 is 2.83 bits per heavy atom. The van der Waals surface area contributed by atoms with Crippen LogP contribution in [0.25, 0.3) is 22.3 Å². The number of anilines is 2. The van der Waals surface area contributed by atoms with E-state index in [0.717, 1.165) is 35.3 Å². The van der Waals surface area contributed by atoms with E-state index in [1.807, 2.05) is 18.5 Å². The van der Waals surface area contributed by atoms with E-state index in [4.69, 9.17) is 0 Å². The van der Waals surface area contributed by atoms with Crippen LogP contribution < -0.4 is 4.90 Å². The smallest absolute Gasteiger partial charge is 0.140 e. The van der Waals surface area contributed by atoms with Crippen LogP contribution in [0.3, 0.4) is 0 Å². The first-order valence-corrected chi connectivity index (χ1v) is 8.00. The lowest BCUT2D eigenvalue weighted by Gasteiger charge is -2.21. The van der Waals surface area contributed by atoms with Crippen molar-refractivity contribution in [2.24, 2.45) is 0 Å². The molecule has 5 rings (SSSR count). The molecule has 1 N–H and O–H groups in total. The van der Waals surface area contributed by atoms with Crippen LogP contribution in [0.4, 0.5) is 11.4 Å². The minimum Gasteiger partial charge on any atom is -0.345 e. The summed E-state index contributed by atoms with van der Waals surface area (Å²) in [5, 5.41) is 1.10. The summed E-state index contributed by atoms with van der Waals surface area (Å²) in [7, 11) is 0. The molecule has 0 atom stereocenters. The Labute approximate surface area is 139 Å². The highest BCUT2D eigenvalue weighted by molar-refractivity contribution is 6.03. The highest BCUT2D eigenvalue weighted by Crippen LogP contribution is 2.40. The summed E-state index contributed by atoms with van der Waals surface area (Å²) in [6.07, 6.45) is 8.25. The third kappa shape index (κ3) is 1.91. The van der Waals surface area contributed by atoms with Gasteiger partial charge in [-0.1, -0.05) is 18.2 Å². The van der Waals surface area contributed by atoms with Crippen molar-refractivity contribution >= 4 is 22.4 Å². The van der Waals surface area contributed by atoms with E-state index in [1.165, 1.54) is 16.9 Å². The van der Waals surface area contributed by atoms with Gasteiger partial charge in [0.15, 0.2) is 0 Å². The third-order valence-corrected chi connectivity index (χ3v) is 4.59. The second kappa shape index (κ2) is 5.16. The summed E-state index contributed by atoms with van der Waals surface area (Å²) in [6.45, 7) is 0.979. The molecule has 0 saturated carbocycles. The average Bonchev–Trinajstić information content (AvgIpc) is 3.27. The van der Waals surface area contributed by atoms with E-state index < -0.39 is 0 Å². The van der Waals surface area contributed by atoms with E-state index in [1.54, 1.807) is 12.5 Å². The minimum absolute atomic E-state index is 0.880. The number of fused-ring (bicyclic) bond motifs is 2. The van der Waals surface area contributed by atoms with Gasteiger partial charge in [0.1, 0.15) is 12.0 Å². The molecule has 24 heavy (non-hydrogen) atoms. The van der Waals surface area contributed by atoms with Crippen LogP contribution >= 0.6 is 0 Å². The van der Waals surface area contributed by atoms with Crippen LogP contribution in [-0.2, 0) is 6.42 Å². The van der Waals surface area contributed by atoms with Crippen LogP contribution in [0, 0.1) is 0 Å². The molecule has 0 amide bonds. The normalized spacial score (nSPS) is 13.4. The average molecular weight is 313 g/mol. The molecule has 0 spiro atoms. The second-order valence-electron chi connectivity index (χ2n) is 5.88. The van der Waals surface area contributed by atoms with E-state index in [9.17, 15) is 0 Å². The maximum absolute atomic E-state index is 4.49. The molecule has 0 bridgehead atoms. The van der Waals surface area contributed by atoms with Gasteiger partial charge in [0.05, 0.1) is 16.8 Å². The van der Waals surface area contributed by atoms with Gasteiger partial charge < -0.3 is 9.88 Å². The summed E-state index contributed by atoms with van der Waals surface area (Å²) < 4.78 is 0. The highest BCUT2D eigenvalue weighted by Gasteiger charge is 2.23. The molecule has 0 saturated heterocycles. The van der Waals surface area contributed by atoms with E-state index in [-0.39, 0.29) is 0 Å². The molecule has 116 valence electrons. The molecular weight excluding hydrogens is 298 g/mol. The van der Waals surface area contributed by atoms with E-state index in [0.29, 0.717) is 0 Å². The predicted octanol–water partition coefficient (Wildman–Crippen LogP) is 3.71. The van der Waals surface area contributed by atoms with Crippen molar-refractivity contribution in [2.45, 2.75) is 6.42 Å². The van der Waals surface area contributed by atoms with Gasteiger partial charge >= 0.3 is 0 Å². The fourth-order valence-corrected chi connectivity index (χ4v) is 3.50. The lowest BCUT2D eigenvalue weighted by atomic mass is 10.1. The van der Waals surface area contributed by atoms with E-state index >= 15 is 0 Å². The molecule has 3 aromatic heterocycles. The van der Waals surface area contributed by atoms with Gasteiger partial charge in [0.2, 0.25) is 0 Å². The van der Waals surface area contributed by atoms with Gasteiger partial charge in [0.25, 0.3) is 0 Å². The molecule has 5 heteroatoms. The Bertz CT molecular complexity index is 1020. The Hall–Kier alpha value is -3.21. The maximum atomic E-state index is 4.49. The van der Waals surface area contributed by atoms with Gasteiger partial charge in [-0.2, -0.15) is 0 Å². The van der Waals surface area contributed by atoms with Crippen LogP contribution in [0.2, 0.25) is 0 Å². The molecule has 0 unspecified atom stereocenters. The number of nitrogens with one attached hydrogen (secondary N) is 1. The van der Waals surface area contributed by atoms with E-state index in [2.05, 4.69) is 55.2 Å². The quantitative estimate of drug-likeness (QED) is 0.613. The number of rotatable bonds is 2. The monoisotopic (exact) mass is 313 g/mol. The van der Waals surface area contributed by atoms with Crippen molar-refractivity contribution < 1.29 is 0 Å². The molecule has 0 aliphatic carbocycles. The topological polar surface area (TPSA) is 57.7 Å². The third-order valence-electron chi connectivity index (χ3n) is 4.59. The summed E-state index contributed by atoms with van der Waals surface area (Å²) in [5.74, 6) is 0. The number of benzene rings is 1. The van der Waals surface area contributed by atoms with Crippen molar-refractivity contribution in [2.75, 3.05) is 11.4 Å². The molecule has 1 aromatic carbocycles. The minimum atomic E-state index is 0.880. The maximum Gasteiger partial charge on any atom is 0.140 e. The predicted molar refractivity (Wildman–Crippen MR) is 94.3 cm³/mol. The summed E-state index contributed by atoms with van der Waals surface area (Å²) in [5.41, 5.74) is 6.67. The fraction of sp³-hybridized carbons (Fsp3) is 0.105.